The third-order valence-corrected chi connectivity index (χ3v) is 3.88. The molecule has 0 atom stereocenters. The van der Waals surface area contributed by atoms with Crippen LogP contribution in [-0.4, -0.2) is 25.0 Å². The Morgan fingerprint density at radius 3 is 2.71 bits per heavy atom. The summed E-state index contributed by atoms with van der Waals surface area (Å²) in [5.74, 6) is 0. The van der Waals surface area contributed by atoms with Gasteiger partial charge in [-0.05, 0) is 17.7 Å². The van der Waals surface area contributed by atoms with E-state index in [1.807, 2.05) is 30.3 Å². The highest BCUT2D eigenvalue weighted by Crippen LogP contribution is 2.28. The molecule has 2 aromatic rings. The Bertz CT molecular complexity index is 738. The smallest absolute Gasteiger partial charge is 0.414 e. The predicted octanol–water partition coefficient (Wildman–Crippen LogP) is 2.99. The summed E-state index contributed by atoms with van der Waals surface area (Å²) in [5, 5.41) is 0. The van der Waals surface area contributed by atoms with Crippen LogP contribution in [0.5, 0.6) is 0 Å². The molecule has 0 N–H and O–H groups in total. The highest BCUT2D eigenvalue weighted by Gasteiger charge is 2.26. The van der Waals surface area contributed by atoms with Crippen molar-refractivity contribution in [1.29, 1.82) is 0 Å². The first-order chi connectivity index (χ1) is 10.3. The van der Waals surface area contributed by atoms with Gasteiger partial charge in [0, 0.05) is 16.8 Å². The van der Waals surface area contributed by atoms with Crippen LogP contribution in [0.25, 0.3) is 0 Å². The summed E-state index contributed by atoms with van der Waals surface area (Å²) in [6.45, 7) is 1.76. The molecule has 1 amide bonds. The first-order valence-electron chi connectivity index (χ1n) is 7.00. The number of carbonyl (C=O) groups is 1. The van der Waals surface area contributed by atoms with Crippen molar-refractivity contribution in [1.82, 2.24) is 0 Å². The van der Waals surface area contributed by atoms with E-state index in [9.17, 15) is 4.79 Å². The molecule has 2 aliphatic heterocycles. The second-order valence-corrected chi connectivity index (χ2v) is 5.14. The van der Waals surface area contributed by atoms with Crippen molar-refractivity contribution < 1.29 is 9.53 Å². The first-order valence-corrected chi connectivity index (χ1v) is 7.00. The van der Waals surface area contributed by atoms with Gasteiger partial charge in [0.25, 0.3) is 0 Å². The number of amides is 1. The summed E-state index contributed by atoms with van der Waals surface area (Å²) >= 11 is 0. The van der Waals surface area contributed by atoms with Crippen molar-refractivity contribution in [3.63, 3.8) is 0 Å². The van der Waals surface area contributed by atoms with E-state index in [0.29, 0.717) is 19.7 Å². The van der Waals surface area contributed by atoms with Crippen LogP contribution >= 0.6 is 0 Å². The molecule has 0 aliphatic carbocycles. The fourth-order valence-corrected chi connectivity index (χ4v) is 2.81. The van der Waals surface area contributed by atoms with Crippen molar-refractivity contribution in [2.24, 2.45) is 4.99 Å². The molecule has 0 radical (unpaired) electrons. The van der Waals surface area contributed by atoms with Crippen LogP contribution in [0.1, 0.15) is 16.7 Å². The topological polar surface area (TPSA) is 41.9 Å². The Balaban J connectivity index is 1.75. The largest absolute Gasteiger partial charge is 0.447 e. The molecule has 0 bridgehead atoms. The van der Waals surface area contributed by atoms with Crippen LogP contribution in [0.3, 0.4) is 0 Å². The zero-order valence-corrected chi connectivity index (χ0v) is 11.5. The average Bonchev–Trinajstić information content (AvgIpc) is 3.13. The number of rotatable bonds is 2. The molecule has 2 heterocycles. The quantitative estimate of drug-likeness (QED) is 0.847. The van der Waals surface area contributed by atoms with E-state index < -0.39 is 0 Å². The number of benzene rings is 2. The average molecular weight is 278 g/mol. The van der Waals surface area contributed by atoms with E-state index in [1.54, 1.807) is 4.90 Å². The second-order valence-electron chi connectivity index (χ2n) is 5.14. The zero-order valence-electron chi connectivity index (χ0n) is 11.5. The fourth-order valence-electron chi connectivity index (χ4n) is 2.81. The lowest BCUT2D eigenvalue weighted by Crippen LogP contribution is -2.23. The minimum absolute atomic E-state index is 0.272. The van der Waals surface area contributed by atoms with Gasteiger partial charge in [-0.1, -0.05) is 36.4 Å². The molecule has 4 nitrogen and oxygen atoms in total. The predicted molar refractivity (Wildman–Crippen MR) is 80.9 cm³/mol. The number of hydrogen-bond donors (Lipinski definition) is 0. The van der Waals surface area contributed by atoms with Gasteiger partial charge in [0.15, 0.2) is 0 Å². The maximum absolute atomic E-state index is 11.7. The zero-order chi connectivity index (χ0) is 14.2. The number of aliphatic imine (C=N–C) groups is 1. The maximum Gasteiger partial charge on any atom is 0.414 e. The molecule has 4 rings (SSSR count). The van der Waals surface area contributed by atoms with Crippen molar-refractivity contribution in [2.45, 2.75) is 6.54 Å². The molecule has 0 unspecified atom stereocenters. The first kappa shape index (κ1) is 12.1. The lowest BCUT2D eigenvalue weighted by Gasteiger charge is -2.14. The third kappa shape index (κ3) is 2.00. The highest BCUT2D eigenvalue weighted by molar-refractivity contribution is 6.15. The minimum atomic E-state index is -0.272. The lowest BCUT2D eigenvalue weighted by molar-refractivity contribution is 0.181. The molecule has 0 saturated carbocycles. The summed E-state index contributed by atoms with van der Waals surface area (Å²) in [7, 11) is 0. The van der Waals surface area contributed by atoms with Crippen molar-refractivity contribution in [3.05, 3.63) is 65.2 Å². The van der Waals surface area contributed by atoms with Gasteiger partial charge < -0.3 is 4.74 Å². The molecule has 104 valence electrons. The van der Waals surface area contributed by atoms with Crippen molar-refractivity contribution in [2.75, 3.05) is 18.1 Å². The Morgan fingerprint density at radius 1 is 1.10 bits per heavy atom. The van der Waals surface area contributed by atoms with Gasteiger partial charge in [-0.3, -0.25) is 9.89 Å². The number of nitrogens with zero attached hydrogens (tertiary/aromatic N) is 2. The highest BCUT2D eigenvalue weighted by atomic mass is 16.6. The van der Waals surface area contributed by atoms with E-state index in [0.717, 1.165) is 22.5 Å². The fraction of sp³-hybridized carbons (Fsp3) is 0.176. The van der Waals surface area contributed by atoms with Crippen LogP contribution in [0.2, 0.25) is 0 Å². The van der Waals surface area contributed by atoms with Gasteiger partial charge in [-0.25, -0.2) is 4.79 Å². The number of ether oxygens (including phenoxy) is 1. The van der Waals surface area contributed by atoms with Crippen molar-refractivity contribution in [3.8, 4) is 0 Å². The minimum Gasteiger partial charge on any atom is -0.447 e. The summed E-state index contributed by atoms with van der Waals surface area (Å²) in [4.78, 5) is 18.0. The monoisotopic (exact) mass is 278 g/mol. The molecule has 0 aromatic heterocycles. The van der Waals surface area contributed by atoms with E-state index in [2.05, 4.69) is 23.2 Å². The molecule has 4 heteroatoms. The molecule has 1 fully saturated rings. The van der Waals surface area contributed by atoms with Crippen LogP contribution in [-0.2, 0) is 11.3 Å². The maximum atomic E-state index is 11.7. The number of hydrogen-bond acceptors (Lipinski definition) is 3. The molecule has 21 heavy (non-hydrogen) atoms. The SMILES string of the molecule is O=C1OCCN1c1ccc2c(c1)C(c1ccccc1)=NC2. The molecular formula is C17H14N2O2. The number of carbonyl (C=O) groups excluding carboxylic acids is 1. The summed E-state index contributed by atoms with van der Waals surface area (Å²) < 4.78 is 5.01. The van der Waals surface area contributed by atoms with Crippen LogP contribution in [0.15, 0.2) is 53.5 Å². The Morgan fingerprint density at radius 2 is 1.95 bits per heavy atom. The number of cyclic esters (lactones) is 1. The van der Waals surface area contributed by atoms with Gasteiger partial charge in [0.05, 0.1) is 18.8 Å². The normalized spacial score (nSPS) is 16.7. The van der Waals surface area contributed by atoms with Gasteiger partial charge >= 0.3 is 6.09 Å². The molecule has 0 spiro atoms. The van der Waals surface area contributed by atoms with Gasteiger partial charge in [-0.2, -0.15) is 0 Å². The van der Waals surface area contributed by atoms with E-state index in [4.69, 9.17) is 4.74 Å². The van der Waals surface area contributed by atoms with Crippen LogP contribution in [0, 0.1) is 0 Å². The van der Waals surface area contributed by atoms with E-state index >= 15 is 0 Å². The van der Waals surface area contributed by atoms with Crippen LogP contribution in [0.4, 0.5) is 10.5 Å². The standard InChI is InChI=1S/C17H14N2O2/c20-17-19(8-9-21-17)14-7-6-13-11-18-16(15(13)10-14)12-4-2-1-3-5-12/h1-7,10H,8-9,11H2. The summed E-state index contributed by atoms with van der Waals surface area (Å²) in [6, 6.07) is 16.2. The van der Waals surface area contributed by atoms with Crippen molar-refractivity contribution >= 4 is 17.5 Å². The molecular weight excluding hydrogens is 264 g/mol. The Labute approximate surface area is 122 Å². The summed E-state index contributed by atoms with van der Waals surface area (Å²) in [5.41, 5.74) is 5.29. The third-order valence-electron chi connectivity index (χ3n) is 3.88. The molecule has 2 aromatic carbocycles. The van der Waals surface area contributed by atoms with Crippen LogP contribution < -0.4 is 4.90 Å². The molecule has 2 aliphatic rings. The van der Waals surface area contributed by atoms with Gasteiger partial charge in [-0.15, -0.1) is 0 Å². The van der Waals surface area contributed by atoms with E-state index in [-0.39, 0.29) is 6.09 Å². The second kappa shape index (κ2) is 4.74. The Kier molecular flexibility index (Phi) is 2.74. The number of anilines is 1. The number of fused-ring (bicyclic) bond motifs is 1. The van der Waals surface area contributed by atoms with E-state index in [1.165, 1.54) is 5.56 Å². The van der Waals surface area contributed by atoms with Gasteiger partial charge in [0.1, 0.15) is 6.61 Å². The Hall–Kier alpha value is -2.62. The lowest BCUT2D eigenvalue weighted by atomic mass is 9.99. The summed E-state index contributed by atoms with van der Waals surface area (Å²) in [6.07, 6.45) is -0.272. The van der Waals surface area contributed by atoms with Gasteiger partial charge in [0.2, 0.25) is 0 Å². The molecule has 1 saturated heterocycles.